The molecule has 0 bridgehead atoms. The minimum Gasteiger partial charge on any atom is -0.457 e. The first-order valence-corrected chi connectivity index (χ1v) is 8.72. The predicted octanol–water partition coefficient (Wildman–Crippen LogP) is 3.59. The number of amides is 1. The molecule has 7 nitrogen and oxygen atoms in total. The van der Waals surface area contributed by atoms with Crippen LogP contribution in [0.4, 0.5) is 0 Å². The maximum absolute atomic E-state index is 12.4. The highest BCUT2D eigenvalue weighted by Crippen LogP contribution is 2.20. The lowest BCUT2D eigenvalue weighted by molar-refractivity contribution is 0.0944. The number of hydrogen-bond acceptors (Lipinski definition) is 5. The van der Waals surface area contributed by atoms with Gasteiger partial charge in [0.1, 0.15) is 23.0 Å². The molecule has 2 N–H and O–H groups in total. The SMILES string of the molecule is O=C(NCc1nc(-c2ccccc2)n[nH]1)c1cc(Oc2ccccc2)ccn1. The number of carbonyl (C=O) groups excluding carboxylic acids is 1. The molecule has 1 amide bonds. The van der Waals surface area contributed by atoms with Crippen molar-refractivity contribution in [3.63, 3.8) is 0 Å². The van der Waals surface area contributed by atoms with Crippen molar-refractivity contribution in [2.24, 2.45) is 0 Å². The van der Waals surface area contributed by atoms with Crippen LogP contribution in [-0.4, -0.2) is 26.1 Å². The maximum Gasteiger partial charge on any atom is 0.270 e. The van der Waals surface area contributed by atoms with Crippen molar-refractivity contribution in [1.82, 2.24) is 25.5 Å². The Hall–Kier alpha value is -4.00. The van der Waals surface area contributed by atoms with E-state index in [1.165, 1.54) is 6.20 Å². The van der Waals surface area contributed by atoms with E-state index in [-0.39, 0.29) is 18.1 Å². The molecule has 0 fully saturated rings. The molecule has 138 valence electrons. The summed E-state index contributed by atoms with van der Waals surface area (Å²) >= 11 is 0. The van der Waals surface area contributed by atoms with Gasteiger partial charge in [-0.3, -0.25) is 14.9 Å². The van der Waals surface area contributed by atoms with E-state index >= 15 is 0 Å². The number of ether oxygens (including phenoxy) is 1. The Balaban J connectivity index is 1.39. The number of aromatic amines is 1. The third kappa shape index (κ3) is 4.21. The summed E-state index contributed by atoms with van der Waals surface area (Å²) in [5.41, 5.74) is 1.17. The number of rotatable bonds is 6. The van der Waals surface area contributed by atoms with E-state index in [9.17, 15) is 4.79 Å². The van der Waals surface area contributed by atoms with Crippen molar-refractivity contribution >= 4 is 5.91 Å². The van der Waals surface area contributed by atoms with Gasteiger partial charge in [-0.25, -0.2) is 4.98 Å². The average molecular weight is 371 g/mol. The lowest BCUT2D eigenvalue weighted by atomic mass is 10.2. The number of nitrogens with zero attached hydrogens (tertiary/aromatic N) is 3. The van der Waals surface area contributed by atoms with Gasteiger partial charge < -0.3 is 10.1 Å². The summed E-state index contributed by atoms with van der Waals surface area (Å²) < 4.78 is 5.74. The number of H-pyrrole nitrogens is 1. The van der Waals surface area contributed by atoms with Crippen LogP contribution >= 0.6 is 0 Å². The molecule has 2 aromatic heterocycles. The van der Waals surface area contributed by atoms with E-state index in [0.717, 1.165) is 5.56 Å². The van der Waals surface area contributed by atoms with E-state index in [0.29, 0.717) is 23.1 Å². The second-order valence-electron chi connectivity index (χ2n) is 5.95. The average Bonchev–Trinajstić information content (AvgIpc) is 3.23. The first-order chi connectivity index (χ1) is 13.8. The number of aromatic nitrogens is 4. The van der Waals surface area contributed by atoms with Gasteiger partial charge in [0, 0.05) is 17.8 Å². The lowest BCUT2D eigenvalue weighted by Crippen LogP contribution is -2.24. The highest BCUT2D eigenvalue weighted by atomic mass is 16.5. The Kier molecular flexibility index (Phi) is 5.06. The number of nitrogens with one attached hydrogen (secondary N) is 2. The second kappa shape index (κ2) is 8.13. The maximum atomic E-state index is 12.4. The molecule has 2 heterocycles. The van der Waals surface area contributed by atoms with Crippen molar-refractivity contribution in [2.75, 3.05) is 0 Å². The quantitative estimate of drug-likeness (QED) is 0.540. The van der Waals surface area contributed by atoms with Gasteiger partial charge >= 0.3 is 0 Å². The number of carbonyl (C=O) groups is 1. The summed E-state index contributed by atoms with van der Waals surface area (Å²) in [5.74, 6) is 2.05. The Morgan fingerprint density at radius 2 is 1.71 bits per heavy atom. The number of pyridine rings is 1. The fourth-order valence-corrected chi connectivity index (χ4v) is 2.57. The third-order valence-electron chi connectivity index (χ3n) is 3.92. The van der Waals surface area contributed by atoms with E-state index in [4.69, 9.17) is 4.74 Å². The van der Waals surface area contributed by atoms with Gasteiger partial charge in [0.25, 0.3) is 5.91 Å². The zero-order valence-corrected chi connectivity index (χ0v) is 14.9. The predicted molar refractivity (Wildman–Crippen MR) is 104 cm³/mol. The van der Waals surface area contributed by atoms with Crippen LogP contribution in [0.1, 0.15) is 16.3 Å². The number of para-hydroxylation sites is 1. The summed E-state index contributed by atoms with van der Waals surface area (Å²) in [4.78, 5) is 20.9. The van der Waals surface area contributed by atoms with Gasteiger partial charge in [0.05, 0.1) is 6.54 Å². The molecule has 0 atom stereocenters. The van der Waals surface area contributed by atoms with Gasteiger partial charge in [-0.2, -0.15) is 5.10 Å². The highest BCUT2D eigenvalue weighted by molar-refractivity contribution is 5.92. The summed E-state index contributed by atoms with van der Waals surface area (Å²) in [6, 6.07) is 22.3. The zero-order valence-electron chi connectivity index (χ0n) is 14.9. The molecule has 0 saturated carbocycles. The summed E-state index contributed by atoms with van der Waals surface area (Å²) in [6.45, 7) is 0.212. The molecule has 0 radical (unpaired) electrons. The summed E-state index contributed by atoms with van der Waals surface area (Å²) in [6.07, 6.45) is 1.54. The van der Waals surface area contributed by atoms with Gasteiger partial charge in [-0.15, -0.1) is 0 Å². The van der Waals surface area contributed by atoms with Crippen LogP contribution in [-0.2, 0) is 6.54 Å². The van der Waals surface area contributed by atoms with Gasteiger partial charge in [0.15, 0.2) is 5.82 Å². The molecular formula is C21H17N5O2. The summed E-state index contributed by atoms with van der Waals surface area (Å²) in [5, 5.41) is 9.79. The molecular weight excluding hydrogens is 354 g/mol. The van der Waals surface area contributed by atoms with Crippen LogP contribution in [0.2, 0.25) is 0 Å². The minimum absolute atomic E-state index is 0.212. The Morgan fingerprint density at radius 1 is 0.964 bits per heavy atom. The second-order valence-corrected chi connectivity index (χ2v) is 5.95. The molecule has 4 aromatic rings. The monoisotopic (exact) mass is 371 g/mol. The van der Waals surface area contributed by atoms with Crippen LogP contribution in [0.5, 0.6) is 11.5 Å². The first kappa shape index (κ1) is 17.4. The highest BCUT2D eigenvalue weighted by Gasteiger charge is 2.11. The fraction of sp³-hybridized carbons (Fsp3) is 0.0476. The van der Waals surface area contributed by atoms with Crippen LogP contribution in [0.15, 0.2) is 79.0 Å². The largest absolute Gasteiger partial charge is 0.457 e. The summed E-state index contributed by atoms with van der Waals surface area (Å²) in [7, 11) is 0. The molecule has 4 rings (SSSR count). The van der Waals surface area contributed by atoms with Crippen molar-refractivity contribution in [3.8, 4) is 22.9 Å². The van der Waals surface area contributed by atoms with E-state index in [2.05, 4.69) is 25.5 Å². The molecule has 28 heavy (non-hydrogen) atoms. The molecule has 0 saturated heterocycles. The standard InChI is InChI=1S/C21H17N5O2/c27-21(18-13-17(11-12-22-18)28-16-9-5-2-6-10-16)23-14-19-24-20(26-25-19)15-7-3-1-4-8-15/h1-13H,14H2,(H,23,27)(H,24,25,26). The van der Waals surface area contributed by atoms with Crippen molar-refractivity contribution < 1.29 is 9.53 Å². The third-order valence-corrected chi connectivity index (χ3v) is 3.92. The smallest absolute Gasteiger partial charge is 0.270 e. The van der Waals surface area contributed by atoms with Gasteiger partial charge in [-0.05, 0) is 18.2 Å². The topological polar surface area (TPSA) is 92.8 Å². The molecule has 0 unspecified atom stereocenters. The van der Waals surface area contributed by atoms with Crippen LogP contribution < -0.4 is 10.1 Å². The van der Waals surface area contributed by atoms with Crippen LogP contribution in [0.25, 0.3) is 11.4 Å². The van der Waals surface area contributed by atoms with E-state index in [1.54, 1.807) is 12.1 Å². The van der Waals surface area contributed by atoms with Crippen LogP contribution in [0.3, 0.4) is 0 Å². The Bertz CT molecular complexity index is 1060. The molecule has 0 aliphatic rings. The normalized spacial score (nSPS) is 10.4. The van der Waals surface area contributed by atoms with Gasteiger partial charge in [0.2, 0.25) is 0 Å². The number of hydrogen-bond donors (Lipinski definition) is 2. The molecule has 0 aliphatic heterocycles. The first-order valence-electron chi connectivity index (χ1n) is 8.72. The zero-order chi connectivity index (χ0) is 19.2. The molecule has 0 spiro atoms. The lowest BCUT2D eigenvalue weighted by Gasteiger charge is -2.07. The molecule has 0 aliphatic carbocycles. The van der Waals surface area contributed by atoms with E-state index in [1.807, 2.05) is 60.7 Å². The molecule has 7 heteroatoms. The fourth-order valence-electron chi connectivity index (χ4n) is 2.57. The minimum atomic E-state index is -0.323. The van der Waals surface area contributed by atoms with Crippen molar-refractivity contribution in [2.45, 2.75) is 6.54 Å². The van der Waals surface area contributed by atoms with Gasteiger partial charge in [-0.1, -0.05) is 48.5 Å². The Labute approximate surface area is 161 Å². The van der Waals surface area contributed by atoms with Crippen molar-refractivity contribution in [1.29, 1.82) is 0 Å². The van der Waals surface area contributed by atoms with Crippen LogP contribution in [0, 0.1) is 0 Å². The molecule has 2 aromatic carbocycles. The van der Waals surface area contributed by atoms with E-state index < -0.39 is 0 Å². The van der Waals surface area contributed by atoms with Crippen molar-refractivity contribution in [3.05, 3.63) is 90.5 Å². The Morgan fingerprint density at radius 3 is 2.50 bits per heavy atom. The number of benzene rings is 2.